The van der Waals surface area contributed by atoms with E-state index < -0.39 is 15.9 Å². The highest BCUT2D eigenvalue weighted by Crippen LogP contribution is 2.23. The number of hydrogen-bond acceptors (Lipinski definition) is 4. The highest BCUT2D eigenvalue weighted by Gasteiger charge is 2.31. The number of amides is 2. The Bertz CT molecular complexity index is 803. The van der Waals surface area contributed by atoms with Crippen LogP contribution in [0.5, 0.6) is 0 Å². The molecule has 1 aromatic rings. The van der Waals surface area contributed by atoms with Crippen molar-refractivity contribution in [3.8, 4) is 0 Å². The van der Waals surface area contributed by atoms with Crippen molar-refractivity contribution in [3.05, 3.63) is 29.8 Å². The van der Waals surface area contributed by atoms with Gasteiger partial charge in [-0.2, -0.15) is 0 Å². The maximum absolute atomic E-state index is 12.8. The van der Waals surface area contributed by atoms with Gasteiger partial charge in [-0.25, -0.2) is 12.7 Å². The monoisotopic (exact) mass is 393 g/mol. The molecule has 3 rings (SSSR count). The minimum Gasteiger partial charge on any atom is -0.339 e. The zero-order valence-corrected chi connectivity index (χ0v) is 16.5. The van der Waals surface area contributed by atoms with Crippen molar-refractivity contribution < 1.29 is 18.0 Å². The number of likely N-dealkylation sites (tertiary alicyclic amines) is 1. The molecule has 1 unspecified atom stereocenters. The summed E-state index contributed by atoms with van der Waals surface area (Å²) in [5.74, 6) is -0.708. The number of rotatable bonds is 4. The summed E-state index contributed by atoms with van der Waals surface area (Å²) >= 11 is 0. The van der Waals surface area contributed by atoms with Gasteiger partial charge in [0.2, 0.25) is 15.9 Å². The summed E-state index contributed by atoms with van der Waals surface area (Å²) in [6, 6.07) is 7.04. The van der Waals surface area contributed by atoms with E-state index in [9.17, 15) is 18.0 Å². The fraction of sp³-hybridized carbons (Fsp3) is 0.579. The molecular formula is C19H27N3O4S. The number of anilines is 1. The first-order valence-electron chi connectivity index (χ1n) is 9.50. The maximum atomic E-state index is 12.8. The summed E-state index contributed by atoms with van der Waals surface area (Å²) in [7, 11) is -3.31. The van der Waals surface area contributed by atoms with Crippen molar-refractivity contribution in [1.29, 1.82) is 0 Å². The lowest BCUT2D eigenvalue weighted by molar-refractivity contribution is -0.120. The summed E-state index contributed by atoms with van der Waals surface area (Å²) in [6.45, 7) is 2.12. The van der Waals surface area contributed by atoms with E-state index in [-0.39, 0.29) is 18.4 Å². The Labute approximate surface area is 160 Å². The third-order valence-electron chi connectivity index (χ3n) is 5.28. The Morgan fingerprint density at radius 1 is 1.04 bits per heavy atom. The van der Waals surface area contributed by atoms with Gasteiger partial charge in [-0.05, 0) is 44.2 Å². The highest BCUT2D eigenvalue weighted by molar-refractivity contribution is 7.88. The van der Waals surface area contributed by atoms with Gasteiger partial charge in [0.25, 0.3) is 5.91 Å². The molecule has 2 aliphatic rings. The van der Waals surface area contributed by atoms with Crippen LogP contribution >= 0.6 is 0 Å². The van der Waals surface area contributed by atoms with E-state index in [0.717, 1.165) is 32.4 Å². The lowest BCUT2D eigenvalue weighted by Gasteiger charge is -2.30. The average molecular weight is 394 g/mol. The number of piperidine rings is 2. The van der Waals surface area contributed by atoms with Crippen molar-refractivity contribution in [1.82, 2.24) is 9.21 Å². The minimum atomic E-state index is -3.31. The maximum Gasteiger partial charge on any atom is 0.255 e. The fourth-order valence-corrected chi connectivity index (χ4v) is 4.65. The minimum absolute atomic E-state index is 0.0630. The van der Waals surface area contributed by atoms with E-state index in [1.54, 1.807) is 24.3 Å². The molecule has 7 nitrogen and oxygen atoms in total. The molecule has 0 bridgehead atoms. The van der Waals surface area contributed by atoms with Gasteiger partial charge < -0.3 is 10.2 Å². The SMILES string of the molecule is CS(=O)(=O)N1CCCC(C(=O)Nc2ccccc2C(=O)N2CCCCC2)C1. The summed E-state index contributed by atoms with van der Waals surface area (Å²) < 4.78 is 24.9. The molecule has 0 saturated carbocycles. The molecule has 2 heterocycles. The average Bonchev–Trinajstić information content (AvgIpc) is 2.68. The Hall–Kier alpha value is -1.93. The molecule has 1 aromatic carbocycles. The van der Waals surface area contributed by atoms with Crippen LogP contribution in [0.15, 0.2) is 24.3 Å². The van der Waals surface area contributed by atoms with Gasteiger partial charge in [0, 0.05) is 26.2 Å². The molecular weight excluding hydrogens is 366 g/mol. The largest absolute Gasteiger partial charge is 0.339 e. The van der Waals surface area contributed by atoms with Gasteiger partial charge in [-0.3, -0.25) is 9.59 Å². The second-order valence-corrected chi connectivity index (χ2v) is 9.33. The van der Waals surface area contributed by atoms with Gasteiger partial charge in [0.05, 0.1) is 23.4 Å². The predicted octanol–water partition coefficient (Wildman–Crippen LogP) is 1.92. The molecule has 0 spiro atoms. The first kappa shape index (κ1) is 19.8. The Balaban J connectivity index is 1.72. The van der Waals surface area contributed by atoms with Crippen molar-refractivity contribution in [2.45, 2.75) is 32.1 Å². The normalized spacial score (nSPS) is 21.7. The van der Waals surface area contributed by atoms with Gasteiger partial charge in [0.1, 0.15) is 0 Å². The molecule has 8 heteroatoms. The fourth-order valence-electron chi connectivity index (χ4n) is 3.74. The summed E-state index contributed by atoms with van der Waals surface area (Å²) in [6.07, 6.45) is 5.60. The second-order valence-electron chi connectivity index (χ2n) is 7.35. The smallest absolute Gasteiger partial charge is 0.255 e. The van der Waals surface area contributed by atoms with Gasteiger partial charge >= 0.3 is 0 Å². The Morgan fingerprint density at radius 3 is 2.44 bits per heavy atom. The summed E-state index contributed by atoms with van der Waals surface area (Å²) in [5, 5.41) is 2.86. The molecule has 148 valence electrons. The van der Waals surface area contributed by atoms with Gasteiger partial charge in [0.15, 0.2) is 0 Å². The zero-order chi connectivity index (χ0) is 19.4. The number of hydrogen-bond donors (Lipinski definition) is 1. The molecule has 2 fully saturated rings. The van der Waals surface area contributed by atoms with Crippen molar-refractivity contribution in [2.75, 3.05) is 37.8 Å². The second kappa shape index (κ2) is 8.39. The standard InChI is InChI=1S/C19H27N3O4S/c1-27(25,26)22-13-7-8-15(14-22)18(23)20-17-10-4-3-9-16(17)19(24)21-11-5-2-6-12-21/h3-4,9-10,15H,2,5-8,11-14H2,1H3,(H,20,23). The first-order chi connectivity index (χ1) is 12.9. The molecule has 0 radical (unpaired) electrons. The van der Waals surface area contributed by atoms with E-state index in [0.29, 0.717) is 30.6 Å². The summed E-state index contributed by atoms with van der Waals surface area (Å²) in [5.41, 5.74) is 0.984. The van der Waals surface area contributed by atoms with Crippen LogP contribution in [0.1, 0.15) is 42.5 Å². The summed E-state index contributed by atoms with van der Waals surface area (Å²) in [4.78, 5) is 27.4. The molecule has 1 N–H and O–H groups in total. The predicted molar refractivity (Wildman–Crippen MR) is 104 cm³/mol. The van der Waals surface area contributed by atoms with Crippen molar-refractivity contribution >= 4 is 27.5 Å². The molecule has 0 aliphatic carbocycles. The van der Waals surface area contributed by atoms with Gasteiger partial charge in [-0.1, -0.05) is 12.1 Å². The van der Waals surface area contributed by atoms with E-state index in [1.807, 2.05) is 4.90 Å². The molecule has 2 aliphatic heterocycles. The molecule has 1 atom stereocenters. The van der Waals surface area contributed by atoms with Crippen LogP contribution in [0, 0.1) is 5.92 Å². The number of benzene rings is 1. The molecule has 2 amide bonds. The van der Waals surface area contributed by atoms with Crippen molar-refractivity contribution in [2.24, 2.45) is 5.92 Å². The lowest BCUT2D eigenvalue weighted by Crippen LogP contribution is -2.43. The number of nitrogens with zero attached hydrogens (tertiary/aromatic N) is 2. The van der Waals surface area contributed by atoms with E-state index in [2.05, 4.69) is 5.32 Å². The van der Waals surface area contributed by atoms with Crippen LogP contribution in [0.3, 0.4) is 0 Å². The number of carbonyl (C=O) groups excluding carboxylic acids is 2. The van der Waals surface area contributed by atoms with E-state index >= 15 is 0 Å². The van der Waals surface area contributed by atoms with Crippen LogP contribution in [0.2, 0.25) is 0 Å². The van der Waals surface area contributed by atoms with Crippen LogP contribution in [-0.4, -0.2) is 61.9 Å². The number of sulfonamides is 1. The third-order valence-corrected chi connectivity index (χ3v) is 6.55. The van der Waals surface area contributed by atoms with Gasteiger partial charge in [-0.15, -0.1) is 0 Å². The van der Waals surface area contributed by atoms with E-state index in [1.165, 1.54) is 10.6 Å². The van der Waals surface area contributed by atoms with Crippen LogP contribution < -0.4 is 5.32 Å². The third kappa shape index (κ3) is 4.87. The Morgan fingerprint density at radius 2 is 1.74 bits per heavy atom. The van der Waals surface area contributed by atoms with Crippen LogP contribution in [0.4, 0.5) is 5.69 Å². The van der Waals surface area contributed by atoms with E-state index in [4.69, 9.17) is 0 Å². The Kier molecular flexibility index (Phi) is 6.16. The highest BCUT2D eigenvalue weighted by atomic mass is 32.2. The number of carbonyl (C=O) groups is 2. The van der Waals surface area contributed by atoms with Crippen LogP contribution in [-0.2, 0) is 14.8 Å². The quantitative estimate of drug-likeness (QED) is 0.847. The number of para-hydroxylation sites is 1. The number of nitrogens with one attached hydrogen (secondary N) is 1. The first-order valence-corrected chi connectivity index (χ1v) is 11.4. The zero-order valence-electron chi connectivity index (χ0n) is 15.7. The van der Waals surface area contributed by atoms with Crippen LogP contribution in [0.25, 0.3) is 0 Å². The lowest BCUT2D eigenvalue weighted by atomic mass is 9.98. The molecule has 0 aromatic heterocycles. The topological polar surface area (TPSA) is 86.8 Å². The van der Waals surface area contributed by atoms with Crippen molar-refractivity contribution in [3.63, 3.8) is 0 Å². The molecule has 27 heavy (non-hydrogen) atoms. The molecule has 2 saturated heterocycles.